The summed E-state index contributed by atoms with van der Waals surface area (Å²) in [5.41, 5.74) is 1.50. The van der Waals surface area contributed by atoms with Gasteiger partial charge in [0.15, 0.2) is 5.13 Å². The van der Waals surface area contributed by atoms with Crippen LogP contribution >= 0.6 is 11.3 Å². The van der Waals surface area contributed by atoms with Gasteiger partial charge in [0.2, 0.25) is 11.8 Å². The molecule has 126 valence electrons. The Labute approximate surface area is 143 Å². The largest absolute Gasteiger partial charge is 0.332 e. The SMILES string of the molecule is Cc1cc(CCC(=O)N2CCN(c3nccs3)C(=O)C2)ccc1F. The highest BCUT2D eigenvalue weighted by atomic mass is 32.1. The zero-order valence-corrected chi connectivity index (χ0v) is 14.2. The van der Waals surface area contributed by atoms with Gasteiger partial charge in [0.05, 0.1) is 0 Å². The Balaban J connectivity index is 1.54. The molecule has 1 aromatic carbocycles. The third-order valence-electron chi connectivity index (χ3n) is 4.07. The van der Waals surface area contributed by atoms with Crippen LogP contribution < -0.4 is 4.90 Å². The van der Waals surface area contributed by atoms with Crippen LogP contribution in [0.25, 0.3) is 0 Å². The summed E-state index contributed by atoms with van der Waals surface area (Å²) in [6.07, 6.45) is 2.52. The number of halogens is 1. The average Bonchev–Trinajstić information content (AvgIpc) is 3.09. The first-order valence-electron chi connectivity index (χ1n) is 7.77. The number of thiazole rings is 1. The van der Waals surface area contributed by atoms with Crippen molar-refractivity contribution in [3.8, 4) is 0 Å². The van der Waals surface area contributed by atoms with E-state index in [1.165, 1.54) is 17.4 Å². The van der Waals surface area contributed by atoms with Gasteiger partial charge in [-0.2, -0.15) is 0 Å². The van der Waals surface area contributed by atoms with Crippen LogP contribution in [-0.2, 0) is 16.0 Å². The Kier molecular flexibility index (Phi) is 4.89. The van der Waals surface area contributed by atoms with Crippen LogP contribution in [0.15, 0.2) is 29.8 Å². The van der Waals surface area contributed by atoms with Gasteiger partial charge in [0.1, 0.15) is 12.4 Å². The van der Waals surface area contributed by atoms with Gasteiger partial charge in [-0.05, 0) is 30.5 Å². The molecule has 0 aliphatic carbocycles. The quantitative estimate of drug-likeness (QED) is 0.853. The summed E-state index contributed by atoms with van der Waals surface area (Å²) in [6, 6.07) is 4.88. The molecule has 1 saturated heterocycles. The van der Waals surface area contributed by atoms with Crippen molar-refractivity contribution < 1.29 is 14.0 Å². The maximum atomic E-state index is 13.3. The zero-order valence-electron chi connectivity index (χ0n) is 13.4. The predicted octanol–water partition coefficient (Wildman–Crippen LogP) is 2.40. The van der Waals surface area contributed by atoms with Crippen LogP contribution in [0.5, 0.6) is 0 Å². The van der Waals surface area contributed by atoms with Crippen molar-refractivity contribution in [1.82, 2.24) is 9.88 Å². The second-order valence-corrected chi connectivity index (χ2v) is 6.63. The fourth-order valence-electron chi connectivity index (χ4n) is 2.71. The van der Waals surface area contributed by atoms with Crippen molar-refractivity contribution in [2.75, 3.05) is 24.5 Å². The van der Waals surface area contributed by atoms with Crippen molar-refractivity contribution in [2.24, 2.45) is 0 Å². The molecule has 1 fully saturated rings. The Hall–Kier alpha value is -2.28. The van der Waals surface area contributed by atoms with Crippen LogP contribution in [0.1, 0.15) is 17.5 Å². The molecule has 0 N–H and O–H groups in total. The molecule has 0 saturated carbocycles. The number of nitrogens with zero attached hydrogens (tertiary/aromatic N) is 3. The van der Waals surface area contributed by atoms with Crippen molar-refractivity contribution in [1.29, 1.82) is 0 Å². The predicted molar refractivity (Wildman–Crippen MR) is 90.5 cm³/mol. The van der Waals surface area contributed by atoms with Crippen LogP contribution in [-0.4, -0.2) is 41.3 Å². The molecule has 1 aliphatic heterocycles. The molecule has 1 aliphatic rings. The monoisotopic (exact) mass is 347 g/mol. The Morgan fingerprint density at radius 3 is 2.88 bits per heavy atom. The number of aryl methyl sites for hydroxylation is 2. The lowest BCUT2D eigenvalue weighted by Crippen LogP contribution is -2.52. The number of rotatable bonds is 4. The lowest BCUT2D eigenvalue weighted by atomic mass is 10.1. The van der Waals surface area contributed by atoms with Crippen molar-refractivity contribution in [3.05, 3.63) is 46.7 Å². The van der Waals surface area contributed by atoms with E-state index in [4.69, 9.17) is 0 Å². The van der Waals surface area contributed by atoms with Gasteiger partial charge in [-0.1, -0.05) is 12.1 Å². The molecule has 7 heteroatoms. The van der Waals surface area contributed by atoms with Crippen molar-refractivity contribution in [2.45, 2.75) is 19.8 Å². The highest BCUT2D eigenvalue weighted by Gasteiger charge is 2.28. The smallest absolute Gasteiger partial charge is 0.248 e. The van der Waals surface area contributed by atoms with E-state index in [1.807, 2.05) is 5.38 Å². The van der Waals surface area contributed by atoms with E-state index in [0.717, 1.165) is 5.56 Å². The number of piperazine rings is 1. The van der Waals surface area contributed by atoms with Gasteiger partial charge in [-0.25, -0.2) is 9.37 Å². The van der Waals surface area contributed by atoms with E-state index in [9.17, 15) is 14.0 Å². The fourth-order valence-corrected chi connectivity index (χ4v) is 3.39. The minimum atomic E-state index is -0.242. The number of carbonyl (C=O) groups is 2. The first-order chi connectivity index (χ1) is 11.5. The Morgan fingerprint density at radius 2 is 2.21 bits per heavy atom. The van der Waals surface area contributed by atoms with Gasteiger partial charge in [0.25, 0.3) is 0 Å². The summed E-state index contributed by atoms with van der Waals surface area (Å²) >= 11 is 1.41. The van der Waals surface area contributed by atoms with Gasteiger partial charge in [-0.15, -0.1) is 11.3 Å². The van der Waals surface area contributed by atoms with E-state index < -0.39 is 0 Å². The number of hydrogen-bond donors (Lipinski definition) is 0. The summed E-state index contributed by atoms with van der Waals surface area (Å²) in [6.45, 7) is 2.76. The summed E-state index contributed by atoms with van der Waals surface area (Å²) in [4.78, 5) is 31.9. The molecule has 3 rings (SSSR count). The number of amides is 2. The Morgan fingerprint density at radius 1 is 1.38 bits per heavy atom. The van der Waals surface area contributed by atoms with Gasteiger partial charge in [0, 0.05) is 31.1 Å². The topological polar surface area (TPSA) is 53.5 Å². The van der Waals surface area contributed by atoms with E-state index in [2.05, 4.69) is 4.98 Å². The third-order valence-corrected chi connectivity index (χ3v) is 4.87. The molecule has 0 radical (unpaired) electrons. The highest BCUT2D eigenvalue weighted by molar-refractivity contribution is 7.13. The first kappa shape index (κ1) is 16.6. The van der Waals surface area contributed by atoms with E-state index in [0.29, 0.717) is 36.6 Å². The van der Waals surface area contributed by atoms with Crippen molar-refractivity contribution >= 4 is 28.3 Å². The molecule has 0 spiro atoms. The lowest BCUT2D eigenvalue weighted by molar-refractivity contribution is -0.136. The zero-order chi connectivity index (χ0) is 17.1. The lowest BCUT2D eigenvalue weighted by Gasteiger charge is -2.32. The van der Waals surface area contributed by atoms with Gasteiger partial charge in [-0.3, -0.25) is 14.5 Å². The second kappa shape index (κ2) is 7.09. The molecule has 2 aromatic rings. The van der Waals surface area contributed by atoms with Crippen LogP contribution in [0.3, 0.4) is 0 Å². The van der Waals surface area contributed by atoms with Crippen LogP contribution in [0, 0.1) is 12.7 Å². The number of carbonyl (C=O) groups excluding carboxylic acids is 2. The average molecular weight is 347 g/mol. The number of anilines is 1. The van der Waals surface area contributed by atoms with E-state index >= 15 is 0 Å². The molecule has 0 bridgehead atoms. The van der Waals surface area contributed by atoms with Crippen molar-refractivity contribution in [3.63, 3.8) is 0 Å². The fraction of sp³-hybridized carbons (Fsp3) is 0.353. The minimum Gasteiger partial charge on any atom is -0.332 e. The highest BCUT2D eigenvalue weighted by Crippen LogP contribution is 2.20. The summed E-state index contributed by atoms with van der Waals surface area (Å²) in [7, 11) is 0. The molecule has 0 atom stereocenters. The molecule has 2 amide bonds. The van der Waals surface area contributed by atoms with E-state index in [-0.39, 0.29) is 24.2 Å². The summed E-state index contributed by atoms with van der Waals surface area (Å²) in [5, 5.41) is 2.50. The molecular weight excluding hydrogens is 329 g/mol. The molecule has 1 aromatic heterocycles. The van der Waals surface area contributed by atoms with E-state index in [1.54, 1.807) is 35.1 Å². The number of aromatic nitrogens is 1. The molecule has 5 nitrogen and oxygen atoms in total. The molecule has 24 heavy (non-hydrogen) atoms. The van der Waals surface area contributed by atoms with Crippen LogP contribution in [0.4, 0.5) is 9.52 Å². The molecule has 0 unspecified atom stereocenters. The summed E-state index contributed by atoms with van der Waals surface area (Å²) < 4.78 is 13.3. The minimum absolute atomic E-state index is 0.0517. The standard InChI is InChI=1S/C17H18FN3O2S/c1-12-10-13(2-4-14(12)18)3-5-15(22)20-7-8-21(16(23)11-20)17-19-6-9-24-17/h2,4,6,9-10H,3,5,7-8,11H2,1H3. The molecule has 2 heterocycles. The third kappa shape index (κ3) is 3.62. The number of benzene rings is 1. The van der Waals surface area contributed by atoms with Gasteiger partial charge >= 0.3 is 0 Å². The van der Waals surface area contributed by atoms with Crippen LogP contribution in [0.2, 0.25) is 0 Å². The molecular formula is C17H18FN3O2S. The number of hydrogen-bond acceptors (Lipinski definition) is 4. The summed E-state index contributed by atoms with van der Waals surface area (Å²) in [5.74, 6) is -0.403. The first-order valence-corrected chi connectivity index (χ1v) is 8.65. The van der Waals surface area contributed by atoms with Gasteiger partial charge < -0.3 is 4.90 Å². The maximum absolute atomic E-state index is 13.3. The normalized spacial score (nSPS) is 15.0. The Bertz CT molecular complexity index is 748. The maximum Gasteiger partial charge on any atom is 0.248 e. The second-order valence-electron chi connectivity index (χ2n) is 5.76.